The number of hydrogen-bond acceptors (Lipinski definition) is 5. The molecule has 1 aliphatic rings. The summed E-state index contributed by atoms with van der Waals surface area (Å²) < 4.78 is 33.8. The molecule has 0 atom stereocenters. The summed E-state index contributed by atoms with van der Waals surface area (Å²) in [4.78, 5) is 12.5. The molecule has 4 rings (SSSR count). The van der Waals surface area contributed by atoms with E-state index in [4.69, 9.17) is 16.3 Å². The van der Waals surface area contributed by atoms with E-state index in [2.05, 4.69) is 15.0 Å². The molecular formula is C24H22ClN3O4S. The van der Waals surface area contributed by atoms with Crippen molar-refractivity contribution in [2.45, 2.75) is 17.7 Å². The number of carbonyl (C=O) groups excluding carboxylic acids is 1. The molecule has 2 N–H and O–H groups in total. The number of amidine groups is 1. The van der Waals surface area contributed by atoms with Gasteiger partial charge >= 0.3 is 0 Å². The van der Waals surface area contributed by atoms with Gasteiger partial charge in [-0.15, -0.1) is 4.40 Å². The van der Waals surface area contributed by atoms with Gasteiger partial charge in [0.15, 0.2) is 5.84 Å². The van der Waals surface area contributed by atoms with E-state index in [9.17, 15) is 13.2 Å². The smallest absolute Gasteiger partial charge is 0.285 e. The Morgan fingerprint density at radius 1 is 0.939 bits per heavy atom. The van der Waals surface area contributed by atoms with Crippen LogP contribution >= 0.6 is 11.6 Å². The summed E-state index contributed by atoms with van der Waals surface area (Å²) in [7, 11) is -3.68. The van der Waals surface area contributed by atoms with Crippen LogP contribution in [0.15, 0.2) is 82.1 Å². The predicted octanol–water partition coefficient (Wildman–Crippen LogP) is 4.49. The molecule has 1 aliphatic heterocycles. The first-order valence-corrected chi connectivity index (χ1v) is 12.2. The highest BCUT2D eigenvalue weighted by Gasteiger charge is 2.28. The quantitative estimate of drug-likeness (QED) is 0.460. The number of benzene rings is 3. The Balaban J connectivity index is 1.23. The molecule has 0 radical (unpaired) electrons. The maximum Gasteiger partial charge on any atom is 0.285 e. The minimum atomic E-state index is -3.68. The molecule has 0 aliphatic carbocycles. The van der Waals surface area contributed by atoms with Crippen LogP contribution in [-0.4, -0.2) is 33.3 Å². The van der Waals surface area contributed by atoms with E-state index in [0.717, 1.165) is 18.6 Å². The number of hydrogen-bond donors (Lipinski definition) is 2. The summed E-state index contributed by atoms with van der Waals surface area (Å²) in [5, 5.41) is 6.57. The van der Waals surface area contributed by atoms with Gasteiger partial charge in [0, 0.05) is 28.4 Å². The average molecular weight is 484 g/mol. The first-order valence-electron chi connectivity index (χ1n) is 10.4. The van der Waals surface area contributed by atoms with Crippen molar-refractivity contribution in [1.29, 1.82) is 0 Å². The van der Waals surface area contributed by atoms with Gasteiger partial charge in [0.2, 0.25) is 0 Å². The lowest BCUT2D eigenvalue weighted by Gasteiger charge is -2.09. The van der Waals surface area contributed by atoms with E-state index in [-0.39, 0.29) is 16.6 Å². The number of carbonyl (C=O) groups is 1. The van der Waals surface area contributed by atoms with Crippen molar-refractivity contribution in [3.63, 3.8) is 0 Å². The number of nitrogens with zero attached hydrogens (tertiary/aromatic N) is 1. The van der Waals surface area contributed by atoms with Crippen LogP contribution in [0.4, 0.5) is 5.69 Å². The normalized spacial score (nSPS) is 13.7. The fourth-order valence-corrected chi connectivity index (χ4v) is 4.59. The Bertz CT molecular complexity index is 1270. The molecule has 0 unspecified atom stereocenters. The maximum absolute atomic E-state index is 12.4. The monoisotopic (exact) mass is 483 g/mol. The highest BCUT2D eigenvalue weighted by Crippen LogP contribution is 2.26. The third kappa shape index (κ3) is 5.71. The fraction of sp³-hybridized carbons (Fsp3) is 0.167. The number of rotatable bonds is 8. The van der Waals surface area contributed by atoms with Crippen molar-refractivity contribution in [3.8, 4) is 5.75 Å². The van der Waals surface area contributed by atoms with E-state index >= 15 is 0 Å². The van der Waals surface area contributed by atoms with Crippen LogP contribution in [0, 0.1) is 0 Å². The van der Waals surface area contributed by atoms with E-state index in [0.29, 0.717) is 35.0 Å². The van der Waals surface area contributed by atoms with Gasteiger partial charge in [0.1, 0.15) is 10.6 Å². The zero-order valence-corrected chi connectivity index (χ0v) is 19.2. The van der Waals surface area contributed by atoms with Crippen molar-refractivity contribution in [2.75, 3.05) is 18.5 Å². The highest BCUT2D eigenvalue weighted by molar-refractivity contribution is 7.90. The zero-order chi connectivity index (χ0) is 23.3. The molecule has 170 valence electrons. The minimum Gasteiger partial charge on any atom is -0.494 e. The second kappa shape index (κ2) is 10.1. The highest BCUT2D eigenvalue weighted by atomic mass is 35.5. The summed E-state index contributed by atoms with van der Waals surface area (Å²) >= 11 is 5.84. The van der Waals surface area contributed by atoms with Crippen molar-refractivity contribution >= 4 is 39.1 Å². The molecule has 9 heteroatoms. The van der Waals surface area contributed by atoms with Gasteiger partial charge in [-0.1, -0.05) is 23.7 Å². The van der Waals surface area contributed by atoms with Crippen LogP contribution in [0.1, 0.15) is 28.8 Å². The molecule has 1 heterocycles. The number of sulfonamides is 1. The summed E-state index contributed by atoms with van der Waals surface area (Å²) in [5.74, 6) is 0.858. The minimum absolute atomic E-state index is 0.175. The molecule has 0 saturated carbocycles. The number of amides is 1. The first kappa shape index (κ1) is 22.8. The van der Waals surface area contributed by atoms with Crippen LogP contribution in [0.2, 0.25) is 5.02 Å². The number of fused-ring (bicyclic) bond motifs is 1. The predicted molar refractivity (Wildman–Crippen MR) is 129 cm³/mol. The van der Waals surface area contributed by atoms with Gasteiger partial charge in [-0.25, -0.2) is 0 Å². The number of halogens is 1. The fourth-order valence-electron chi connectivity index (χ4n) is 3.29. The van der Waals surface area contributed by atoms with E-state index in [1.54, 1.807) is 54.6 Å². The van der Waals surface area contributed by atoms with Crippen LogP contribution < -0.4 is 15.4 Å². The van der Waals surface area contributed by atoms with Crippen LogP contribution in [0.5, 0.6) is 5.75 Å². The van der Waals surface area contributed by atoms with Gasteiger partial charge < -0.3 is 15.4 Å². The Hall–Kier alpha value is -3.36. The van der Waals surface area contributed by atoms with Crippen molar-refractivity contribution in [2.24, 2.45) is 4.40 Å². The summed E-state index contributed by atoms with van der Waals surface area (Å²) in [5.41, 5.74) is 1.68. The number of ether oxygens (including phenoxy) is 1. The molecule has 1 amide bonds. The van der Waals surface area contributed by atoms with E-state index < -0.39 is 10.0 Å². The molecule has 7 nitrogen and oxygen atoms in total. The second-order valence-electron chi connectivity index (χ2n) is 7.38. The molecule has 33 heavy (non-hydrogen) atoms. The van der Waals surface area contributed by atoms with E-state index in [1.165, 1.54) is 6.07 Å². The summed E-state index contributed by atoms with van der Waals surface area (Å²) in [6, 6.07) is 20.6. The molecule has 3 aromatic rings. The molecule has 0 aromatic heterocycles. The Labute approximate surface area is 197 Å². The topological polar surface area (TPSA) is 96.9 Å². The lowest BCUT2D eigenvalue weighted by Crippen LogP contribution is -2.24. The van der Waals surface area contributed by atoms with Gasteiger partial charge in [0.25, 0.3) is 15.9 Å². The standard InChI is InChI=1S/C24H22ClN3O4S/c25-18-9-13-20(14-10-18)32-16-4-3-15-26-24(29)17-7-11-19(12-8-17)27-23-21-5-1-2-6-22(21)33(30,31)28-23/h1-2,5-14H,3-4,15-16H2,(H,26,29)(H,27,28). The average Bonchev–Trinajstić information content (AvgIpc) is 3.07. The summed E-state index contributed by atoms with van der Waals surface area (Å²) in [6.45, 7) is 1.09. The Morgan fingerprint density at radius 3 is 2.42 bits per heavy atom. The first-order chi connectivity index (χ1) is 15.9. The molecule has 0 bridgehead atoms. The van der Waals surface area contributed by atoms with Crippen LogP contribution in [-0.2, 0) is 10.0 Å². The number of unbranched alkanes of at least 4 members (excludes halogenated alkanes) is 1. The molecule has 0 saturated heterocycles. The van der Waals surface area contributed by atoms with Crippen LogP contribution in [0.3, 0.4) is 0 Å². The van der Waals surface area contributed by atoms with E-state index in [1.807, 2.05) is 12.1 Å². The molecule has 3 aromatic carbocycles. The van der Waals surface area contributed by atoms with Crippen molar-refractivity contribution in [3.05, 3.63) is 88.9 Å². The zero-order valence-electron chi connectivity index (χ0n) is 17.6. The SMILES string of the molecule is O=C(NCCCCOc1ccc(Cl)cc1)c1ccc(NC2=NS(=O)(=O)c3ccccc32)cc1. The van der Waals surface area contributed by atoms with Gasteiger partial charge in [-0.3, -0.25) is 4.79 Å². The largest absolute Gasteiger partial charge is 0.494 e. The molecule has 0 spiro atoms. The third-order valence-electron chi connectivity index (χ3n) is 4.98. The Morgan fingerprint density at radius 2 is 1.67 bits per heavy atom. The summed E-state index contributed by atoms with van der Waals surface area (Å²) in [6.07, 6.45) is 1.59. The number of nitrogens with one attached hydrogen (secondary N) is 2. The third-order valence-corrected chi connectivity index (χ3v) is 6.57. The molecular weight excluding hydrogens is 462 g/mol. The van der Waals surface area contributed by atoms with Gasteiger partial charge in [-0.2, -0.15) is 8.42 Å². The maximum atomic E-state index is 12.4. The van der Waals surface area contributed by atoms with Gasteiger partial charge in [-0.05, 0) is 73.5 Å². The lowest BCUT2D eigenvalue weighted by molar-refractivity contribution is 0.0952. The number of anilines is 1. The molecule has 0 fully saturated rings. The van der Waals surface area contributed by atoms with Crippen molar-refractivity contribution < 1.29 is 17.9 Å². The van der Waals surface area contributed by atoms with Crippen LogP contribution in [0.25, 0.3) is 0 Å². The second-order valence-corrected chi connectivity index (χ2v) is 9.39. The van der Waals surface area contributed by atoms with Gasteiger partial charge in [0.05, 0.1) is 6.61 Å². The lowest BCUT2D eigenvalue weighted by atomic mass is 10.1. The Kier molecular flexibility index (Phi) is 6.96. The van der Waals surface area contributed by atoms with Crippen molar-refractivity contribution in [1.82, 2.24) is 5.32 Å².